The Morgan fingerprint density at radius 3 is 2.23 bits per heavy atom. The summed E-state index contributed by atoms with van der Waals surface area (Å²) in [7, 11) is -4.64. The van der Waals surface area contributed by atoms with Crippen molar-refractivity contribution >= 4 is 31.1 Å². The molecule has 31 heavy (non-hydrogen) atoms. The third kappa shape index (κ3) is 7.18. The molecule has 0 aliphatic carbocycles. The minimum Gasteiger partial charge on any atom is -0.303 e. The largest absolute Gasteiger partial charge is 0.466 e. The molecule has 0 bridgehead atoms. The Labute approximate surface area is 186 Å². The number of phosphoric acid groups is 1. The van der Waals surface area contributed by atoms with Gasteiger partial charge in [-0.1, -0.05) is 53.6 Å². The van der Waals surface area contributed by atoms with Gasteiger partial charge in [-0.25, -0.2) is 14.4 Å². The number of urea groups is 1. The third-order valence-corrected chi connectivity index (χ3v) is 5.20. The number of rotatable bonds is 4. The molecule has 0 spiro atoms. The molecule has 0 aromatic heterocycles. The molecule has 0 atom stereocenters. The van der Waals surface area contributed by atoms with Crippen LogP contribution in [0.5, 0.6) is 0 Å². The number of amides is 2. The second-order valence-electron chi connectivity index (χ2n) is 7.25. The molecular weight excluding hydrogens is 441 g/mol. The maximum atomic E-state index is 12.9. The number of hydrazine groups is 1. The first-order valence-electron chi connectivity index (χ1n) is 9.80. The lowest BCUT2D eigenvalue weighted by Crippen LogP contribution is -2.48. The van der Waals surface area contributed by atoms with Crippen LogP contribution in [-0.4, -0.2) is 56.9 Å². The first-order valence-corrected chi connectivity index (χ1v) is 11.7. The highest BCUT2D eigenvalue weighted by Gasteiger charge is 2.34. The molecule has 2 aliphatic rings. The molecular formula is C21H25ClN3O5P. The Morgan fingerprint density at radius 1 is 0.935 bits per heavy atom. The highest BCUT2D eigenvalue weighted by atomic mass is 35.5. The molecule has 1 saturated heterocycles. The van der Waals surface area contributed by atoms with Gasteiger partial charge >= 0.3 is 13.9 Å². The van der Waals surface area contributed by atoms with Crippen molar-refractivity contribution in [3.05, 3.63) is 76.8 Å². The highest BCUT2D eigenvalue weighted by molar-refractivity contribution is 7.45. The van der Waals surface area contributed by atoms with Gasteiger partial charge in [0.2, 0.25) is 0 Å². The Morgan fingerprint density at radius 2 is 1.58 bits per heavy atom. The molecule has 3 N–H and O–H groups in total. The summed E-state index contributed by atoms with van der Waals surface area (Å²) < 4.78 is 8.88. The van der Waals surface area contributed by atoms with E-state index >= 15 is 0 Å². The first kappa shape index (κ1) is 23.5. The highest BCUT2D eigenvalue weighted by Crippen LogP contribution is 2.26. The van der Waals surface area contributed by atoms with Crippen molar-refractivity contribution in [3.63, 3.8) is 0 Å². The van der Waals surface area contributed by atoms with Crippen LogP contribution in [0, 0.1) is 0 Å². The average Bonchev–Trinajstić information content (AvgIpc) is 3.10. The average molecular weight is 466 g/mol. The van der Waals surface area contributed by atoms with Crippen LogP contribution in [-0.2, 0) is 11.0 Å². The van der Waals surface area contributed by atoms with Gasteiger partial charge in [0.05, 0.1) is 6.54 Å². The normalized spacial score (nSPS) is 17.3. The number of halogens is 1. The quantitative estimate of drug-likeness (QED) is 0.472. The maximum absolute atomic E-state index is 12.9. The van der Waals surface area contributed by atoms with Gasteiger partial charge in [-0.15, -0.1) is 0 Å². The zero-order chi connectivity index (χ0) is 22.4. The second-order valence-corrected chi connectivity index (χ2v) is 8.71. The van der Waals surface area contributed by atoms with Crippen LogP contribution in [0.3, 0.4) is 0 Å². The number of hydrogen-bond donors (Lipinski definition) is 3. The SMILES string of the molecule is O=C1N(c2ccc(Cl)cc2)CCN1N1CCC=C(Cc2ccccc2)C1.O=P(O)(O)O. The van der Waals surface area contributed by atoms with Crippen molar-refractivity contribution in [3.8, 4) is 0 Å². The van der Waals surface area contributed by atoms with Gasteiger partial charge in [-0.2, -0.15) is 0 Å². The Balaban J connectivity index is 0.000000491. The van der Waals surface area contributed by atoms with Crippen LogP contribution in [0.2, 0.25) is 5.02 Å². The number of nitrogens with zero attached hydrogens (tertiary/aromatic N) is 3. The number of carbonyl (C=O) groups excluding carboxylic acids is 1. The molecule has 2 aliphatic heterocycles. The smallest absolute Gasteiger partial charge is 0.303 e. The molecule has 0 saturated carbocycles. The molecule has 2 aromatic rings. The van der Waals surface area contributed by atoms with Crippen molar-refractivity contribution < 1.29 is 24.0 Å². The van der Waals surface area contributed by atoms with E-state index in [2.05, 4.69) is 35.4 Å². The van der Waals surface area contributed by atoms with Crippen LogP contribution in [0.4, 0.5) is 10.5 Å². The molecule has 0 radical (unpaired) electrons. The van der Waals surface area contributed by atoms with E-state index in [0.29, 0.717) is 11.6 Å². The first-order chi connectivity index (χ1) is 14.7. The number of carbonyl (C=O) groups is 1. The number of hydrogen-bond acceptors (Lipinski definition) is 3. The number of benzene rings is 2. The lowest BCUT2D eigenvalue weighted by atomic mass is 10.0. The van der Waals surface area contributed by atoms with Crippen molar-refractivity contribution in [2.24, 2.45) is 0 Å². The van der Waals surface area contributed by atoms with E-state index in [1.165, 1.54) is 11.1 Å². The zero-order valence-electron chi connectivity index (χ0n) is 16.8. The van der Waals surface area contributed by atoms with Crippen LogP contribution < -0.4 is 4.90 Å². The van der Waals surface area contributed by atoms with Crippen LogP contribution >= 0.6 is 19.4 Å². The predicted molar refractivity (Wildman–Crippen MR) is 120 cm³/mol. The Bertz CT molecular complexity index is 956. The standard InChI is InChI=1S/C21H22ClN3O.H3O4P/c22-19-8-10-20(11-9-19)24-13-14-25(21(24)26)23-12-4-7-18(16-23)15-17-5-2-1-3-6-17;1-5(2,3)4/h1-3,5-11H,4,12-16H2;(H3,1,2,3,4). The predicted octanol–water partition coefficient (Wildman–Crippen LogP) is 3.44. The molecule has 4 rings (SSSR count). The van der Waals surface area contributed by atoms with E-state index in [9.17, 15) is 4.79 Å². The van der Waals surface area contributed by atoms with Crippen molar-refractivity contribution in [2.75, 3.05) is 31.1 Å². The summed E-state index contributed by atoms with van der Waals surface area (Å²) in [5.74, 6) is 0. The molecule has 8 nitrogen and oxygen atoms in total. The fourth-order valence-corrected chi connectivity index (χ4v) is 3.76. The Kier molecular flexibility index (Phi) is 7.89. The van der Waals surface area contributed by atoms with Crippen molar-refractivity contribution in [2.45, 2.75) is 12.8 Å². The lowest BCUT2D eigenvalue weighted by molar-refractivity contribution is 0.0387. The van der Waals surface area contributed by atoms with Gasteiger partial charge in [0.25, 0.3) is 0 Å². The maximum Gasteiger partial charge on any atom is 0.466 e. The summed E-state index contributed by atoms with van der Waals surface area (Å²) in [5, 5.41) is 4.77. The summed E-state index contributed by atoms with van der Waals surface area (Å²) in [6, 6.07) is 18.0. The monoisotopic (exact) mass is 465 g/mol. The summed E-state index contributed by atoms with van der Waals surface area (Å²) >= 11 is 5.96. The van der Waals surface area contributed by atoms with Gasteiger partial charge in [0.15, 0.2) is 0 Å². The van der Waals surface area contributed by atoms with Gasteiger partial charge in [0.1, 0.15) is 0 Å². The molecule has 2 amide bonds. The fourth-order valence-electron chi connectivity index (χ4n) is 3.64. The topological polar surface area (TPSA) is 105 Å². The van der Waals surface area contributed by atoms with E-state index < -0.39 is 7.82 Å². The minimum absolute atomic E-state index is 0.0493. The molecule has 166 valence electrons. The van der Waals surface area contributed by atoms with Crippen LogP contribution in [0.15, 0.2) is 66.2 Å². The van der Waals surface area contributed by atoms with Crippen molar-refractivity contribution in [1.29, 1.82) is 0 Å². The van der Waals surface area contributed by atoms with Crippen molar-refractivity contribution in [1.82, 2.24) is 10.0 Å². The van der Waals surface area contributed by atoms with E-state index in [1.807, 2.05) is 40.2 Å². The summed E-state index contributed by atoms with van der Waals surface area (Å²) in [5.41, 5.74) is 3.59. The Hall–Kier alpha value is -2.19. The second kappa shape index (κ2) is 10.4. The fraction of sp³-hybridized carbons (Fsp3) is 0.286. The summed E-state index contributed by atoms with van der Waals surface area (Å²) in [6.07, 6.45) is 4.24. The van der Waals surface area contributed by atoms with E-state index in [0.717, 1.165) is 38.2 Å². The molecule has 1 fully saturated rings. The molecule has 2 heterocycles. The van der Waals surface area contributed by atoms with Crippen LogP contribution in [0.1, 0.15) is 12.0 Å². The third-order valence-electron chi connectivity index (χ3n) is 4.95. The van der Waals surface area contributed by atoms with Gasteiger partial charge in [-0.05, 0) is 42.7 Å². The van der Waals surface area contributed by atoms with Crippen LogP contribution in [0.25, 0.3) is 0 Å². The van der Waals surface area contributed by atoms with E-state index in [-0.39, 0.29) is 6.03 Å². The lowest BCUT2D eigenvalue weighted by Gasteiger charge is -2.34. The summed E-state index contributed by atoms with van der Waals surface area (Å²) in [6.45, 7) is 3.13. The minimum atomic E-state index is -4.64. The number of anilines is 1. The van der Waals surface area contributed by atoms with Gasteiger partial charge in [0, 0.05) is 30.3 Å². The zero-order valence-corrected chi connectivity index (χ0v) is 18.5. The summed E-state index contributed by atoms with van der Waals surface area (Å²) in [4.78, 5) is 36.3. The molecule has 10 heteroatoms. The molecule has 0 unspecified atom stereocenters. The van der Waals surface area contributed by atoms with Gasteiger partial charge < -0.3 is 14.7 Å². The van der Waals surface area contributed by atoms with E-state index in [4.69, 9.17) is 30.8 Å². The van der Waals surface area contributed by atoms with E-state index in [1.54, 1.807) is 0 Å². The molecule has 2 aromatic carbocycles. The van der Waals surface area contributed by atoms with Gasteiger partial charge in [-0.3, -0.25) is 9.91 Å².